The Labute approximate surface area is 165 Å². The van der Waals surface area contributed by atoms with Gasteiger partial charge in [0.15, 0.2) is 5.82 Å². The minimum Gasteiger partial charge on any atom is -0.322 e. The molecule has 0 aliphatic rings. The van der Waals surface area contributed by atoms with Crippen molar-refractivity contribution in [3.05, 3.63) is 64.6 Å². The Hall–Kier alpha value is -3.26. The predicted molar refractivity (Wildman–Crippen MR) is 106 cm³/mol. The van der Waals surface area contributed by atoms with Gasteiger partial charge in [-0.1, -0.05) is 35.9 Å². The van der Waals surface area contributed by atoms with Crippen molar-refractivity contribution in [2.24, 2.45) is 0 Å². The zero-order valence-electron chi connectivity index (χ0n) is 15.1. The highest BCUT2D eigenvalue weighted by molar-refractivity contribution is 6.32. The molecule has 2 heterocycles. The molecule has 1 atom stereocenters. The van der Waals surface area contributed by atoms with Crippen LogP contribution in [0.5, 0.6) is 0 Å². The van der Waals surface area contributed by atoms with Gasteiger partial charge in [-0.25, -0.2) is 0 Å². The van der Waals surface area contributed by atoms with Crippen LogP contribution in [-0.2, 0) is 6.42 Å². The lowest BCUT2D eigenvalue weighted by atomic mass is 9.93. The van der Waals surface area contributed by atoms with Gasteiger partial charge in [-0.2, -0.15) is 10.3 Å². The summed E-state index contributed by atoms with van der Waals surface area (Å²) in [6.45, 7) is 2.12. The van der Waals surface area contributed by atoms with E-state index < -0.39 is 0 Å². The first kappa shape index (κ1) is 18.1. The van der Waals surface area contributed by atoms with E-state index in [-0.39, 0.29) is 11.8 Å². The summed E-state index contributed by atoms with van der Waals surface area (Å²) in [4.78, 5) is 12.7. The molecule has 0 bridgehead atoms. The number of halogens is 1. The Balaban J connectivity index is 1.51. The molecule has 9 heteroatoms. The van der Waals surface area contributed by atoms with Gasteiger partial charge >= 0.3 is 0 Å². The maximum absolute atomic E-state index is 12.7. The van der Waals surface area contributed by atoms with E-state index in [0.29, 0.717) is 28.5 Å². The highest BCUT2D eigenvalue weighted by Crippen LogP contribution is 2.26. The van der Waals surface area contributed by atoms with E-state index in [2.05, 4.69) is 43.1 Å². The molecule has 4 aromatic rings. The number of H-pyrrole nitrogens is 2. The van der Waals surface area contributed by atoms with Gasteiger partial charge in [-0.3, -0.25) is 9.89 Å². The number of hydrogen-bond acceptors (Lipinski definition) is 5. The summed E-state index contributed by atoms with van der Waals surface area (Å²) in [6, 6.07) is 11.2. The van der Waals surface area contributed by atoms with Gasteiger partial charge < -0.3 is 5.32 Å². The standard InChI is InChI=1S/C19H18ClN7O/c1-2-11(7-18-24-26-27-25-18)12-3-5-14(6-4-12)22-19(28)15-8-13(20)9-17-16(15)10-21-23-17/h3-6,8-11H,2,7H2,1H3,(H,21,23)(H,22,28)(H,24,25,26,27)/t11-/m1/s1. The first-order valence-corrected chi connectivity index (χ1v) is 9.28. The van der Waals surface area contributed by atoms with Gasteiger partial charge in [0.25, 0.3) is 5.91 Å². The van der Waals surface area contributed by atoms with Crippen LogP contribution in [0.25, 0.3) is 10.9 Å². The van der Waals surface area contributed by atoms with Crippen LogP contribution >= 0.6 is 11.6 Å². The lowest BCUT2D eigenvalue weighted by Crippen LogP contribution is -2.12. The number of rotatable bonds is 6. The second kappa shape index (κ2) is 7.77. The van der Waals surface area contributed by atoms with Gasteiger partial charge in [-0.05, 0) is 42.2 Å². The molecule has 8 nitrogen and oxygen atoms in total. The van der Waals surface area contributed by atoms with E-state index in [4.69, 9.17) is 11.6 Å². The van der Waals surface area contributed by atoms with Crippen LogP contribution in [0.1, 0.15) is 41.0 Å². The predicted octanol–water partition coefficient (Wildman–Crippen LogP) is 3.72. The maximum atomic E-state index is 12.7. The van der Waals surface area contributed by atoms with Crippen molar-refractivity contribution in [1.82, 2.24) is 30.8 Å². The van der Waals surface area contributed by atoms with Gasteiger partial charge in [0.1, 0.15) is 0 Å². The van der Waals surface area contributed by atoms with Crippen molar-refractivity contribution in [2.75, 3.05) is 5.32 Å². The molecule has 0 aliphatic heterocycles. The number of benzene rings is 2. The highest BCUT2D eigenvalue weighted by atomic mass is 35.5. The van der Waals surface area contributed by atoms with E-state index in [1.807, 2.05) is 24.3 Å². The van der Waals surface area contributed by atoms with Crippen LogP contribution in [-0.4, -0.2) is 36.7 Å². The minimum atomic E-state index is -0.236. The number of nitrogens with zero attached hydrogens (tertiary/aromatic N) is 4. The monoisotopic (exact) mass is 395 g/mol. The normalized spacial score (nSPS) is 12.2. The summed E-state index contributed by atoms with van der Waals surface area (Å²) in [5.41, 5.74) is 3.06. The van der Waals surface area contributed by atoms with Crippen molar-refractivity contribution < 1.29 is 4.79 Å². The highest BCUT2D eigenvalue weighted by Gasteiger charge is 2.15. The van der Waals surface area contributed by atoms with E-state index in [9.17, 15) is 4.79 Å². The summed E-state index contributed by atoms with van der Waals surface area (Å²) < 4.78 is 0. The third kappa shape index (κ3) is 3.72. The number of amides is 1. The van der Waals surface area contributed by atoms with E-state index in [1.54, 1.807) is 18.3 Å². The van der Waals surface area contributed by atoms with Gasteiger partial charge in [0.05, 0.1) is 17.3 Å². The lowest BCUT2D eigenvalue weighted by molar-refractivity contribution is 0.102. The zero-order valence-corrected chi connectivity index (χ0v) is 15.9. The fourth-order valence-electron chi connectivity index (χ4n) is 3.23. The lowest BCUT2D eigenvalue weighted by Gasteiger charge is -2.14. The van der Waals surface area contributed by atoms with Crippen molar-refractivity contribution in [3.63, 3.8) is 0 Å². The number of carbonyl (C=O) groups is 1. The Morgan fingerprint density at radius 2 is 2.07 bits per heavy atom. The minimum absolute atomic E-state index is 0.236. The van der Waals surface area contributed by atoms with Crippen LogP contribution in [0.3, 0.4) is 0 Å². The third-order valence-corrected chi connectivity index (χ3v) is 4.94. The number of fused-ring (bicyclic) bond motifs is 1. The molecule has 1 amide bonds. The quantitative estimate of drug-likeness (QED) is 0.460. The van der Waals surface area contributed by atoms with Crippen molar-refractivity contribution in [3.8, 4) is 0 Å². The van der Waals surface area contributed by atoms with Crippen LogP contribution in [0.15, 0.2) is 42.6 Å². The van der Waals surface area contributed by atoms with E-state index in [1.165, 1.54) is 0 Å². The van der Waals surface area contributed by atoms with E-state index >= 15 is 0 Å². The molecule has 0 spiro atoms. The first-order valence-electron chi connectivity index (χ1n) is 8.90. The molecule has 2 aromatic heterocycles. The number of anilines is 1. The number of tetrazole rings is 1. The van der Waals surface area contributed by atoms with Gasteiger partial charge in [0.2, 0.25) is 0 Å². The van der Waals surface area contributed by atoms with Crippen LogP contribution in [0.4, 0.5) is 5.69 Å². The molecule has 28 heavy (non-hydrogen) atoms. The molecular weight excluding hydrogens is 378 g/mol. The summed E-state index contributed by atoms with van der Waals surface area (Å²) in [5.74, 6) is 0.732. The maximum Gasteiger partial charge on any atom is 0.256 e. The molecule has 4 rings (SSSR count). The fraction of sp³-hybridized carbons (Fsp3) is 0.211. The summed E-state index contributed by atoms with van der Waals surface area (Å²) in [5, 5.41) is 25.1. The van der Waals surface area contributed by atoms with Crippen molar-refractivity contribution in [1.29, 1.82) is 0 Å². The Kier molecular flexibility index (Phi) is 5.03. The Bertz CT molecular complexity index is 1090. The van der Waals surface area contributed by atoms with Crippen LogP contribution in [0, 0.1) is 0 Å². The summed E-state index contributed by atoms with van der Waals surface area (Å²) >= 11 is 6.11. The topological polar surface area (TPSA) is 112 Å². The molecule has 2 aromatic carbocycles. The molecule has 0 fully saturated rings. The SMILES string of the molecule is CC[C@H](Cc1nn[nH]n1)c1ccc(NC(=O)c2cc(Cl)cc3[nH]ncc23)cc1. The molecule has 142 valence electrons. The number of carbonyl (C=O) groups excluding carboxylic acids is 1. The third-order valence-electron chi connectivity index (χ3n) is 4.72. The number of nitrogens with one attached hydrogen (secondary N) is 3. The fourth-order valence-corrected chi connectivity index (χ4v) is 3.45. The summed E-state index contributed by atoms with van der Waals surface area (Å²) in [6.07, 6.45) is 3.27. The van der Waals surface area contributed by atoms with Crippen molar-refractivity contribution in [2.45, 2.75) is 25.7 Å². The molecule has 0 unspecified atom stereocenters. The Morgan fingerprint density at radius 3 is 2.79 bits per heavy atom. The van der Waals surface area contributed by atoms with Crippen molar-refractivity contribution >= 4 is 34.1 Å². The summed E-state index contributed by atoms with van der Waals surface area (Å²) in [7, 11) is 0. The first-order chi connectivity index (χ1) is 13.6. The Morgan fingerprint density at radius 1 is 1.25 bits per heavy atom. The smallest absolute Gasteiger partial charge is 0.256 e. The number of aromatic amines is 2. The van der Waals surface area contributed by atoms with Crippen LogP contribution < -0.4 is 5.32 Å². The second-order valence-electron chi connectivity index (χ2n) is 6.50. The molecule has 0 saturated carbocycles. The van der Waals surface area contributed by atoms with E-state index in [0.717, 1.165) is 22.9 Å². The largest absolute Gasteiger partial charge is 0.322 e. The average molecular weight is 396 g/mol. The molecule has 3 N–H and O–H groups in total. The van der Waals surface area contributed by atoms with Gasteiger partial charge in [0, 0.05) is 22.5 Å². The molecular formula is C19H18ClN7O. The molecule has 0 radical (unpaired) electrons. The molecule has 0 aliphatic carbocycles. The average Bonchev–Trinajstić information content (AvgIpc) is 3.37. The number of aromatic nitrogens is 6. The second-order valence-corrected chi connectivity index (χ2v) is 6.93. The number of hydrogen-bond donors (Lipinski definition) is 3. The zero-order chi connectivity index (χ0) is 19.5. The van der Waals surface area contributed by atoms with Crippen LogP contribution in [0.2, 0.25) is 5.02 Å². The van der Waals surface area contributed by atoms with Gasteiger partial charge in [-0.15, -0.1) is 10.2 Å². The molecule has 0 saturated heterocycles.